The van der Waals surface area contributed by atoms with E-state index in [9.17, 15) is 0 Å². The Bertz CT molecular complexity index is 348. The third-order valence-electron chi connectivity index (χ3n) is 2.85. The van der Waals surface area contributed by atoms with Gasteiger partial charge in [0.25, 0.3) is 0 Å². The van der Waals surface area contributed by atoms with E-state index in [2.05, 4.69) is 6.07 Å². The van der Waals surface area contributed by atoms with Gasteiger partial charge in [0, 0.05) is 0 Å². The summed E-state index contributed by atoms with van der Waals surface area (Å²) in [6.45, 7) is 1.44. The topological polar surface area (TPSA) is 44.5 Å². The number of nitrogens with two attached hydrogens (primary N) is 1. The average Bonchev–Trinajstić information content (AvgIpc) is 3.11. The smallest absolute Gasteiger partial charge is 0.164 e. The van der Waals surface area contributed by atoms with Crippen molar-refractivity contribution in [2.45, 2.75) is 19.3 Å². The van der Waals surface area contributed by atoms with Gasteiger partial charge in [-0.2, -0.15) is 0 Å². The lowest BCUT2D eigenvalue weighted by Crippen LogP contribution is -2.07. The zero-order chi connectivity index (χ0) is 11.4. The Kier molecular flexibility index (Phi) is 3.67. The number of hydrogen-bond donors (Lipinski definition) is 1. The molecule has 88 valence electrons. The lowest BCUT2D eigenvalue weighted by molar-refractivity contribution is 0.277. The van der Waals surface area contributed by atoms with Crippen LogP contribution in [-0.2, 0) is 6.42 Å². The van der Waals surface area contributed by atoms with E-state index in [1.165, 1.54) is 12.8 Å². The first-order chi connectivity index (χ1) is 7.85. The second-order valence-corrected chi connectivity index (χ2v) is 4.24. The van der Waals surface area contributed by atoms with Crippen molar-refractivity contribution in [1.82, 2.24) is 0 Å². The summed E-state index contributed by atoms with van der Waals surface area (Å²) in [6, 6.07) is 5.97. The molecular formula is C13H19NO2. The third kappa shape index (κ3) is 2.67. The van der Waals surface area contributed by atoms with Crippen LogP contribution < -0.4 is 15.2 Å². The maximum Gasteiger partial charge on any atom is 0.164 e. The molecule has 0 unspecified atom stereocenters. The molecule has 1 fully saturated rings. The number of ether oxygens (including phenoxy) is 2. The Hall–Kier alpha value is -1.22. The summed E-state index contributed by atoms with van der Waals surface area (Å²) in [5, 5.41) is 0. The molecule has 0 saturated heterocycles. The summed E-state index contributed by atoms with van der Waals surface area (Å²) in [7, 11) is 1.67. The van der Waals surface area contributed by atoms with Gasteiger partial charge < -0.3 is 15.2 Å². The lowest BCUT2D eigenvalue weighted by Gasteiger charge is -2.14. The van der Waals surface area contributed by atoms with Gasteiger partial charge in [0.1, 0.15) is 0 Å². The molecule has 2 rings (SSSR count). The number of hydrogen-bond acceptors (Lipinski definition) is 3. The summed E-state index contributed by atoms with van der Waals surface area (Å²) in [5.41, 5.74) is 6.73. The van der Waals surface area contributed by atoms with E-state index in [1.807, 2.05) is 12.1 Å². The molecule has 3 heteroatoms. The zero-order valence-electron chi connectivity index (χ0n) is 9.74. The van der Waals surface area contributed by atoms with Crippen molar-refractivity contribution in [2.24, 2.45) is 11.7 Å². The summed E-state index contributed by atoms with van der Waals surface area (Å²) < 4.78 is 11.2. The molecule has 1 aliphatic rings. The molecule has 0 amide bonds. The molecule has 1 saturated carbocycles. The van der Waals surface area contributed by atoms with Crippen molar-refractivity contribution in [3.05, 3.63) is 23.8 Å². The highest BCUT2D eigenvalue weighted by molar-refractivity contribution is 5.46. The molecule has 1 aromatic rings. The van der Waals surface area contributed by atoms with E-state index in [0.717, 1.165) is 36.0 Å². The van der Waals surface area contributed by atoms with Crippen LogP contribution in [0.25, 0.3) is 0 Å². The second kappa shape index (κ2) is 5.21. The fourth-order valence-corrected chi connectivity index (χ4v) is 1.72. The minimum absolute atomic E-state index is 0.632. The normalized spacial score (nSPS) is 14.9. The van der Waals surface area contributed by atoms with Crippen LogP contribution in [0.5, 0.6) is 11.5 Å². The number of benzene rings is 1. The molecule has 0 radical (unpaired) electrons. The Labute approximate surface area is 96.5 Å². The summed E-state index contributed by atoms with van der Waals surface area (Å²) in [5.74, 6) is 2.43. The molecule has 1 aliphatic carbocycles. The van der Waals surface area contributed by atoms with Gasteiger partial charge in [-0.15, -0.1) is 0 Å². The van der Waals surface area contributed by atoms with Crippen LogP contribution in [0, 0.1) is 5.92 Å². The van der Waals surface area contributed by atoms with E-state index in [4.69, 9.17) is 15.2 Å². The third-order valence-corrected chi connectivity index (χ3v) is 2.85. The van der Waals surface area contributed by atoms with E-state index in [0.29, 0.717) is 6.54 Å². The maximum absolute atomic E-state index is 5.86. The molecule has 0 aromatic heterocycles. The van der Waals surface area contributed by atoms with Crippen molar-refractivity contribution in [2.75, 3.05) is 20.3 Å². The average molecular weight is 221 g/mol. The molecule has 0 spiro atoms. The Morgan fingerprint density at radius 1 is 1.38 bits per heavy atom. The van der Waals surface area contributed by atoms with Crippen LogP contribution in [0.15, 0.2) is 18.2 Å². The highest BCUT2D eigenvalue weighted by atomic mass is 16.5. The second-order valence-electron chi connectivity index (χ2n) is 4.24. The minimum atomic E-state index is 0.632. The fourth-order valence-electron chi connectivity index (χ4n) is 1.72. The van der Waals surface area contributed by atoms with Crippen LogP contribution in [-0.4, -0.2) is 20.3 Å². The van der Waals surface area contributed by atoms with E-state index < -0.39 is 0 Å². The van der Waals surface area contributed by atoms with Gasteiger partial charge in [0.05, 0.1) is 13.7 Å². The fraction of sp³-hybridized carbons (Fsp3) is 0.538. The SMILES string of the molecule is COc1cccc(CCN)c1OCC1CC1. The highest BCUT2D eigenvalue weighted by Gasteiger charge is 2.23. The maximum atomic E-state index is 5.86. The van der Waals surface area contributed by atoms with Gasteiger partial charge in [-0.25, -0.2) is 0 Å². The van der Waals surface area contributed by atoms with Crippen molar-refractivity contribution >= 4 is 0 Å². The quantitative estimate of drug-likeness (QED) is 0.799. The minimum Gasteiger partial charge on any atom is -0.493 e. The summed E-state index contributed by atoms with van der Waals surface area (Å²) in [4.78, 5) is 0. The molecule has 2 N–H and O–H groups in total. The van der Waals surface area contributed by atoms with Gasteiger partial charge in [-0.3, -0.25) is 0 Å². The standard InChI is InChI=1S/C13H19NO2/c1-15-12-4-2-3-11(7-8-14)13(12)16-9-10-5-6-10/h2-4,10H,5-9,14H2,1H3. The molecule has 0 aliphatic heterocycles. The monoisotopic (exact) mass is 221 g/mol. The Morgan fingerprint density at radius 3 is 2.81 bits per heavy atom. The molecule has 0 atom stereocenters. The van der Waals surface area contributed by atoms with Gasteiger partial charge in [-0.05, 0) is 43.4 Å². The lowest BCUT2D eigenvalue weighted by atomic mass is 10.1. The van der Waals surface area contributed by atoms with Crippen LogP contribution in [0.2, 0.25) is 0 Å². The van der Waals surface area contributed by atoms with Gasteiger partial charge in [-0.1, -0.05) is 12.1 Å². The van der Waals surface area contributed by atoms with Crippen molar-refractivity contribution in [3.63, 3.8) is 0 Å². The number of methoxy groups -OCH3 is 1. The molecule has 0 bridgehead atoms. The van der Waals surface area contributed by atoms with E-state index >= 15 is 0 Å². The molecular weight excluding hydrogens is 202 g/mol. The predicted octanol–water partition coefficient (Wildman–Crippen LogP) is 1.99. The molecule has 0 heterocycles. The molecule has 3 nitrogen and oxygen atoms in total. The first-order valence-electron chi connectivity index (χ1n) is 5.84. The Morgan fingerprint density at radius 2 is 2.19 bits per heavy atom. The first kappa shape index (κ1) is 11.3. The largest absolute Gasteiger partial charge is 0.493 e. The van der Waals surface area contributed by atoms with E-state index in [1.54, 1.807) is 7.11 Å². The van der Waals surface area contributed by atoms with E-state index in [-0.39, 0.29) is 0 Å². The first-order valence-corrected chi connectivity index (χ1v) is 5.84. The van der Waals surface area contributed by atoms with Gasteiger partial charge >= 0.3 is 0 Å². The highest BCUT2D eigenvalue weighted by Crippen LogP contribution is 2.35. The predicted molar refractivity (Wildman–Crippen MR) is 64.0 cm³/mol. The molecule has 16 heavy (non-hydrogen) atoms. The van der Waals surface area contributed by atoms with Gasteiger partial charge in [0.2, 0.25) is 0 Å². The van der Waals surface area contributed by atoms with Crippen molar-refractivity contribution in [1.29, 1.82) is 0 Å². The van der Waals surface area contributed by atoms with Crippen LogP contribution in [0.1, 0.15) is 18.4 Å². The summed E-state index contributed by atoms with van der Waals surface area (Å²) in [6.07, 6.45) is 3.42. The van der Waals surface area contributed by atoms with Crippen molar-refractivity contribution < 1.29 is 9.47 Å². The summed E-state index contributed by atoms with van der Waals surface area (Å²) >= 11 is 0. The van der Waals surface area contributed by atoms with Crippen LogP contribution in [0.4, 0.5) is 0 Å². The number of para-hydroxylation sites is 1. The van der Waals surface area contributed by atoms with Crippen molar-refractivity contribution in [3.8, 4) is 11.5 Å². The number of rotatable bonds is 6. The van der Waals surface area contributed by atoms with Crippen LogP contribution in [0.3, 0.4) is 0 Å². The van der Waals surface area contributed by atoms with Gasteiger partial charge in [0.15, 0.2) is 11.5 Å². The van der Waals surface area contributed by atoms with Crippen LogP contribution >= 0.6 is 0 Å². The Balaban J connectivity index is 2.13. The molecule has 1 aromatic carbocycles. The zero-order valence-corrected chi connectivity index (χ0v) is 9.74.